The molecular formula is C17H18N2O3S. The Morgan fingerprint density at radius 1 is 0.957 bits per heavy atom. The molecule has 0 saturated carbocycles. The normalized spacial score (nSPS) is 12.3. The number of hydrogen-bond acceptors (Lipinski definition) is 4. The van der Waals surface area contributed by atoms with Crippen molar-refractivity contribution in [2.24, 2.45) is 9.98 Å². The summed E-state index contributed by atoms with van der Waals surface area (Å²) < 4.78 is 31.1. The molecule has 2 aromatic rings. The lowest BCUT2D eigenvalue weighted by molar-refractivity contribution is 0.483. The van der Waals surface area contributed by atoms with Crippen LogP contribution in [0.2, 0.25) is 0 Å². The molecule has 0 heterocycles. The van der Waals surface area contributed by atoms with E-state index in [0.29, 0.717) is 18.7 Å². The van der Waals surface area contributed by atoms with Gasteiger partial charge >= 0.3 is 0 Å². The van der Waals surface area contributed by atoms with Gasteiger partial charge < -0.3 is 0 Å². The maximum Gasteiger partial charge on any atom is 0.294 e. The second kappa shape index (κ2) is 7.80. The molecule has 1 N–H and O–H groups in total. The standard InChI is InChI=1S/C17H18N2O3S/c1-14-4-2-5-15(10-14)12-18-8-9-19-13-16-6-3-7-17(11-16)23(20,21)22/h2-7,10-13H,8-9H2,1H3,(H,20,21,22). The maximum atomic E-state index is 11.1. The molecule has 0 amide bonds. The first-order valence-electron chi connectivity index (χ1n) is 7.09. The fraction of sp³-hybridized carbons (Fsp3) is 0.176. The van der Waals surface area contributed by atoms with Crippen LogP contribution in [0.15, 0.2) is 63.4 Å². The number of nitrogens with zero attached hydrogens (tertiary/aromatic N) is 2. The van der Waals surface area contributed by atoms with E-state index in [4.69, 9.17) is 4.55 Å². The van der Waals surface area contributed by atoms with Gasteiger partial charge in [-0.15, -0.1) is 0 Å². The van der Waals surface area contributed by atoms with Crippen molar-refractivity contribution >= 4 is 22.5 Å². The van der Waals surface area contributed by atoms with Crippen molar-refractivity contribution < 1.29 is 13.0 Å². The topological polar surface area (TPSA) is 79.1 Å². The first-order chi connectivity index (χ1) is 10.9. The van der Waals surface area contributed by atoms with Crippen LogP contribution in [-0.2, 0) is 10.1 Å². The van der Waals surface area contributed by atoms with Gasteiger partial charge in [0, 0.05) is 12.4 Å². The average Bonchev–Trinajstić information content (AvgIpc) is 2.50. The van der Waals surface area contributed by atoms with E-state index >= 15 is 0 Å². The summed E-state index contributed by atoms with van der Waals surface area (Å²) in [6.45, 7) is 3.07. The van der Waals surface area contributed by atoms with Crippen LogP contribution in [-0.4, -0.2) is 38.5 Å². The van der Waals surface area contributed by atoms with E-state index in [9.17, 15) is 8.42 Å². The summed E-state index contributed by atoms with van der Waals surface area (Å²) in [7, 11) is -4.18. The highest BCUT2D eigenvalue weighted by Crippen LogP contribution is 2.09. The summed E-state index contributed by atoms with van der Waals surface area (Å²) in [5, 5.41) is 0. The van der Waals surface area contributed by atoms with Gasteiger partial charge in [-0.1, -0.05) is 42.0 Å². The van der Waals surface area contributed by atoms with Gasteiger partial charge in [-0.05, 0) is 30.2 Å². The minimum atomic E-state index is -4.18. The third-order valence-corrected chi connectivity index (χ3v) is 3.89. The minimum Gasteiger partial charge on any atom is -0.291 e. The Morgan fingerprint density at radius 2 is 1.52 bits per heavy atom. The van der Waals surface area contributed by atoms with Gasteiger partial charge in [0.25, 0.3) is 10.1 Å². The van der Waals surface area contributed by atoms with Crippen LogP contribution in [0.5, 0.6) is 0 Å². The van der Waals surface area contributed by atoms with Gasteiger partial charge in [-0.25, -0.2) is 0 Å². The molecule has 0 aliphatic heterocycles. The third-order valence-electron chi connectivity index (χ3n) is 3.04. The van der Waals surface area contributed by atoms with Crippen molar-refractivity contribution in [1.82, 2.24) is 0 Å². The van der Waals surface area contributed by atoms with Gasteiger partial charge in [0.1, 0.15) is 0 Å². The van der Waals surface area contributed by atoms with E-state index in [-0.39, 0.29) is 4.90 Å². The third kappa shape index (κ3) is 5.77. The Balaban J connectivity index is 1.88. The van der Waals surface area contributed by atoms with E-state index in [1.807, 2.05) is 37.4 Å². The van der Waals surface area contributed by atoms with Crippen molar-refractivity contribution in [2.45, 2.75) is 11.8 Å². The zero-order valence-electron chi connectivity index (χ0n) is 12.8. The summed E-state index contributed by atoms with van der Waals surface area (Å²) in [5.41, 5.74) is 2.85. The molecule has 0 bridgehead atoms. The molecule has 0 unspecified atom stereocenters. The molecule has 0 aliphatic carbocycles. The maximum absolute atomic E-state index is 11.1. The van der Waals surface area contributed by atoms with Crippen LogP contribution in [0.25, 0.3) is 0 Å². The molecule has 0 spiro atoms. The highest BCUT2D eigenvalue weighted by molar-refractivity contribution is 7.85. The Morgan fingerprint density at radius 3 is 2.09 bits per heavy atom. The Bertz CT molecular complexity index is 827. The SMILES string of the molecule is Cc1cccc(C=NCCN=Cc2cccc(S(=O)(=O)O)c2)c1. The Kier molecular flexibility index (Phi) is 5.78. The molecule has 0 aromatic heterocycles. The second-order valence-electron chi connectivity index (χ2n) is 5.03. The molecule has 0 aliphatic rings. The first kappa shape index (κ1) is 17.1. The van der Waals surface area contributed by atoms with Crippen molar-refractivity contribution in [1.29, 1.82) is 0 Å². The largest absolute Gasteiger partial charge is 0.294 e. The van der Waals surface area contributed by atoms with Crippen LogP contribution in [0.4, 0.5) is 0 Å². The summed E-state index contributed by atoms with van der Waals surface area (Å²) in [4.78, 5) is 8.35. The highest BCUT2D eigenvalue weighted by Gasteiger charge is 2.08. The van der Waals surface area contributed by atoms with Crippen molar-refractivity contribution in [3.05, 3.63) is 65.2 Å². The number of rotatable bonds is 6. The zero-order valence-corrected chi connectivity index (χ0v) is 13.6. The molecule has 0 saturated heterocycles. The molecule has 5 nitrogen and oxygen atoms in total. The average molecular weight is 330 g/mol. The van der Waals surface area contributed by atoms with Crippen LogP contribution >= 0.6 is 0 Å². The summed E-state index contributed by atoms with van der Waals surface area (Å²) in [6, 6.07) is 14.0. The van der Waals surface area contributed by atoms with Gasteiger partial charge in [-0.3, -0.25) is 14.5 Å². The molecule has 0 radical (unpaired) electrons. The van der Waals surface area contributed by atoms with Crippen LogP contribution in [0.1, 0.15) is 16.7 Å². The highest BCUT2D eigenvalue weighted by atomic mass is 32.2. The van der Waals surface area contributed by atoms with Crippen LogP contribution in [0.3, 0.4) is 0 Å². The zero-order chi connectivity index (χ0) is 16.7. The van der Waals surface area contributed by atoms with Crippen molar-refractivity contribution in [3.63, 3.8) is 0 Å². The van der Waals surface area contributed by atoms with Gasteiger partial charge in [0.2, 0.25) is 0 Å². The number of aliphatic imine (C=N–C) groups is 2. The predicted octanol–water partition coefficient (Wildman–Crippen LogP) is 2.78. The molecule has 2 rings (SSSR count). The fourth-order valence-corrected chi connectivity index (χ4v) is 2.50. The van der Waals surface area contributed by atoms with Crippen LogP contribution < -0.4 is 0 Å². The molecule has 120 valence electrons. The Hall–Kier alpha value is -2.31. The number of hydrogen-bond donors (Lipinski definition) is 1. The molecule has 0 fully saturated rings. The van der Waals surface area contributed by atoms with E-state index in [2.05, 4.69) is 9.98 Å². The summed E-state index contributed by atoms with van der Waals surface area (Å²) >= 11 is 0. The fourth-order valence-electron chi connectivity index (χ4n) is 1.96. The molecule has 6 heteroatoms. The van der Waals surface area contributed by atoms with Crippen molar-refractivity contribution in [2.75, 3.05) is 13.1 Å². The lowest BCUT2D eigenvalue weighted by Gasteiger charge is -1.98. The summed E-state index contributed by atoms with van der Waals surface area (Å²) in [6.07, 6.45) is 3.37. The lowest BCUT2D eigenvalue weighted by atomic mass is 10.2. The van der Waals surface area contributed by atoms with E-state index in [1.54, 1.807) is 18.3 Å². The lowest BCUT2D eigenvalue weighted by Crippen LogP contribution is -1.98. The van der Waals surface area contributed by atoms with E-state index < -0.39 is 10.1 Å². The molecular weight excluding hydrogens is 312 g/mol. The van der Waals surface area contributed by atoms with Gasteiger partial charge in [0.15, 0.2) is 0 Å². The number of benzene rings is 2. The first-order valence-corrected chi connectivity index (χ1v) is 8.53. The Labute approximate surface area is 136 Å². The predicted molar refractivity (Wildman–Crippen MR) is 92.4 cm³/mol. The number of aryl methyl sites for hydroxylation is 1. The van der Waals surface area contributed by atoms with Gasteiger partial charge in [0.05, 0.1) is 18.0 Å². The van der Waals surface area contributed by atoms with E-state index in [0.717, 1.165) is 5.56 Å². The van der Waals surface area contributed by atoms with E-state index in [1.165, 1.54) is 17.7 Å². The van der Waals surface area contributed by atoms with Crippen molar-refractivity contribution in [3.8, 4) is 0 Å². The molecule has 2 aromatic carbocycles. The summed E-state index contributed by atoms with van der Waals surface area (Å²) in [5.74, 6) is 0. The molecule has 0 atom stereocenters. The smallest absolute Gasteiger partial charge is 0.291 e. The molecule has 23 heavy (non-hydrogen) atoms. The quantitative estimate of drug-likeness (QED) is 0.502. The monoisotopic (exact) mass is 330 g/mol. The minimum absolute atomic E-state index is 0.140. The second-order valence-corrected chi connectivity index (χ2v) is 6.45. The van der Waals surface area contributed by atoms with Crippen LogP contribution in [0, 0.1) is 6.92 Å². The van der Waals surface area contributed by atoms with Gasteiger partial charge in [-0.2, -0.15) is 8.42 Å².